The Morgan fingerprint density at radius 1 is 1.06 bits per heavy atom. The normalized spacial score (nSPS) is 16.0. The number of phenolic OH excluding ortho intramolecular Hbond substituents is 2. The summed E-state index contributed by atoms with van der Waals surface area (Å²) >= 11 is 0. The third-order valence-corrected chi connectivity index (χ3v) is 6.98. The van der Waals surface area contributed by atoms with Crippen molar-refractivity contribution in [3.63, 3.8) is 0 Å². The maximum absolute atomic E-state index is 11.6. The van der Waals surface area contributed by atoms with Crippen molar-refractivity contribution >= 4 is 0 Å². The van der Waals surface area contributed by atoms with E-state index in [2.05, 4.69) is 39.3 Å². The van der Waals surface area contributed by atoms with Crippen LogP contribution in [0.2, 0.25) is 0 Å². The number of hydrogen-bond donors (Lipinski definition) is 2. The van der Waals surface area contributed by atoms with E-state index >= 15 is 0 Å². The number of piperidine rings is 1. The average Bonchev–Trinajstić information content (AvgIpc) is 3.26. The van der Waals surface area contributed by atoms with Crippen LogP contribution in [0.4, 0.5) is 0 Å². The molecule has 1 saturated heterocycles. The van der Waals surface area contributed by atoms with E-state index in [1.165, 1.54) is 24.5 Å². The lowest BCUT2D eigenvalue weighted by molar-refractivity contribution is 0.185. The molecule has 8 nitrogen and oxygen atoms in total. The summed E-state index contributed by atoms with van der Waals surface area (Å²) in [4.78, 5) is 14.1. The standard InChI is InChI=1S/C27H35N5O3/c1-5-23(30-35)27-29-28-26(22-14-21(17(2)3)24(33)15-25(22)34)32(27)20-8-6-19(7-9-20)16-31-12-10-18(4)11-13-31/h6-9,14-15,17-18,23,33-34H,5,10-13,16H2,1-4H3. The summed E-state index contributed by atoms with van der Waals surface area (Å²) in [6, 6.07) is 10.6. The molecule has 1 unspecified atom stereocenters. The molecule has 2 N–H and O–H groups in total. The SMILES string of the molecule is CCC(N=O)c1nnc(-c2cc(C(C)C)c(O)cc2O)n1-c1ccc(CN2CCC(C)CC2)cc1. The van der Waals surface area contributed by atoms with E-state index in [1.807, 2.05) is 32.9 Å². The number of aromatic hydroxyl groups is 2. The number of benzene rings is 2. The fourth-order valence-corrected chi connectivity index (χ4v) is 4.71. The molecule has 35 heavy (non-hydrogen) atoms. The first-order valence-electron chi connectivity index (χ1n) is 12.5. The Balaban J connectivity index is 1.74. The summed E-state index contributed by atoms with van der Waals surface area (Å²) < 4.78 is 1.79. The maximum Gasteiger partial charge on any atom is 0.172 e. The predicted octanol–water partition coefficient (Wildman–Crippen LogP) is 5.92. The maximum atomic E-state index is 11.6. The van der Waals surface area contributed by atoms with Gasteiger partial charge in [0.05, 0.1) is 5.56 Å². The fraction of sp³-hybridized carbons (Fsp3) is 0.481. The lowest BCUT2D eigenvalue weighted by atomic mass is 9.98. The molecule has 1 aromatic heterocycles. The molecule has 2 aromatic carbocycles. The van der Waals surface area contributed by atoms with Crippen LogP contribution in [0.5, 0.6) is 11.5 Å². The minimum absolute atomic E-state index is 0.0324. The third-order valence-electron chi connectivity index (χ3n) is 6.98. The smallest absolute Gasteiger partial charge is 0.172 e. The highest BCUT2D eigenvalue weighted by Crippen LogP contribution is 2.39. The molecule has 0 spiro atoms. The third kappa shape index (κ3) is 5.22. The van der Waals surface area contributed by atoms with Gasteiger partial charge in [0.2, 0.25) is 0 Å². The molecule has 0 amide bonds. The Kier molecular flexibility index (Phi) is 7.50. The Morgan fingerprint density at radius 2 is 1.74 bits per heavy atom. The first-order chi connectivity index (χ1) is 16.8. The van der Waals surface area contributed by atoms with Crippen LogP contribution in [0.25, 0.3) is 17.1 Å². The highest BCUT2D eigenvalue weighted by molar-refractivity contribution is 5.69. The van der Waals surface area contributed by atoms with Gasteiger partial charge < -0.3 is 10.2 Å². The number of aromatic nitrogens is 3. The van der Waals surface area contributed by atoms with Crippen LogP contribution in [-0.2, 0) is 6.54 Å². The van der Waals surface area contributed by atoms with Gasteiger partial charge in [-0.15, -0.1) is 10.2 Å². The van der Waals surface area contributed by atoms with Crippen LogP contribution in [0, 0.1) is 10.8 Å². The summed E-state index contributed by atoms with van der Waals surface area (Å²) in [5.74, 6) is 1.60. The second kappa shape index (κ2) is 10.6. The van der Waals surface area contributed by atoms with Crippen molar-refractivity contribution in [3.8, 4) is 28.6 Å². The van der Waals surface area contributed by atoms with E-state index in [0.29, 0.717) is 29.2 Å². The number of rotatable bonds is 8. The van der Waals surface area contributed by atoms with Gasteiger partial charge in [0, 0.05) is 18.3 Å². The van der Waals surface area contributed by atoms with Gasteiger partial charge in [-0.3, -0.25) is 9.47 Å². The lowest BCUT2D eigenvalue weighted by Crippen LogP contribution is -2.32. The van der Waals surface area contributed by atoms with E-state index < -0.39 is 6.04 Å². The minimum Gasteiger partial charge on any atom is -0.508 e. The highest BCUT2D eigenvalue weighted by Gasteiger charge is 2.25. The minimum atomic E-state index is -0.671. The van der Waals surface area contributed by atoms with E-state index in [1.54, 1.807) is 10.6 Å². The van der Waals surface area contributed by atoms with Crippen molar-refractivity contribution in [1.82, 2.24) is 19.7 Å². The average molecular weight is 478 g/mol. The molecule has 1 aliphatic rings. The van der Waals surface area contributed by atoms with Crippen molar-refractivity contribution < 1.29 is 10.2 Å². The zero-order valence-corrected chi connectivity index (χ0v) is 21.0. The van der Waals surface area contributed by atoms with Crippen molar-refractivity contribution in [2.75, 3.05) is 13.1 Å². The van der Waals surface area contributed by atoms with Gasteiger partial charge in [0.15, 0.2) is 17.7 Å². The Hall–Kier alpha value is -3.26. The van der Waals surface area contributed by atoms with Gasteiger partial charge in [-0.25, -0.2) is 0 Å². The highest BCUT2D eigenvalue weighted by atomic mass is 16.3. The lowest BCUT2D eigenvalue weighted by Gasteiger charge is -2.30. The second-order valence-electron chi connectivity index (χ2n) is 9.95. The number of nitrogens with zero attached hydrogens (tertiary/aromatic N) is 5. The molecule has 3 aromatic rings. The molecule has 0 saturated carbocycles. The second-order valence-corrected chi connectivity index (χ2v) is 9.95. The largest absolute Gasteiger partial charge is 0.508 e. The predicted molar refractivity (Wildman–Crippen MR) is 137 cm³/mol. The van der Waals surface area contributed by atoms with Crippen LogP contribution < -0.4 is 0 Å². The van der Waals surface area contributed by atoms with E-state index in [4.69, 9.17) is 0 Å². The van der Waals surface area contributed by atoms with E-state index in [-0.39, 0.29) is 17.4 Å². The van der Waals surface area contributed by atoms with Crippen LogP contribution >= 0.6 is 0 Å². The Bertz CT molecular complexity index is 1160. The van der Waals surface area contributed by atoms with Gasteiger partial charge >= 0.3 is 0 Å². The molecule has 4 rings (SSSR count). The van der Waals surface area contributed by atoms with Gasteiger partial charge in [-0.05, 0) is 73.5 Å². The molecule has 1 aliphatic heterocycles. The quantitative estimate of drug-likeness (QED) is 0.390. The molecule has 2 heterocycles. The first-order valence-corrected chi connectivity index (χ1v) is 12.5. The van der Waals surface area contributed by atoms with Crippen molar-refractivity contribution in [2.45, 2.75) is 65.5 Å². The molecule has 8 heteroatoms. The van der Waals surface area contributed by atoms with Crippen LogP contribution in [0.15, 0.2) is 41.6 Å². The summed E-state index contributed by atoms with van der Waals surface area (Å²) in [5, 5.41) is 32.9. The zero-order valence-electron chi connectivity index (χ0n) is 21.0. The molecular formula is C27H35N5O3. The number of hydrogen-bond acceptors (Lipinski definition) is 7. The fourth-order valence-electron chi connectivity index (χ4n) is 4.71. The van der Waals surface area contributed by atoms with Crippen LogP contribution in [-0.4, -0.2) is 43.0 Å². The summed E-state index contributed by atoms with van der Waals surface area (Å²) in [5.41, 5.74) is 3.14. The van der Waals surface area contributed by atoms with Gasteiger partial charge in [0.1, 0.15) is 11.5 Å². The van der Waals surface area contributed by atoms with Gasteiger partial charge in [-0.1, -0.05) is 45.0 Å². The van der Waals surface area contributed by atoms with E-state index in [0.717, 1.165) is 31.2 Å². The first kappa shape index (κ1) is 24.9. The number of nitroso groups, excluding NO2 is 1. The zero-order chi connectivity index (χ0) is 25.1. The Labute approximate surface area is 206 Å². The molecule has 0 radical (unpaired) electrons. The summed E-state index contributed by atoms with van der Waals surface area (Å²) in [6.07, 6.45) is 2.94. The van der Waals surface area contributed by atoms with Crippen molar-refractivity contribution in [2.24, 2.45) is 11.1 Å². The monoisotopic (exact) mass is 477 g/mol. The molecule has 186 valence electrons. The van der Waals surface area contributed by atoms with E-state index in [9.17, 15) is 15.1 Å². The number of phenols is 2. The molecule has 1 fully saturated rings. The molecule has 0 aliphatic carbocycles. The van der Waals surface area contributed by atoms with Crippen LogP contribution in [0.1, 0.15) is 75.9 Å². The van der Waals surface area contributed by atoms with Crippen molar-refractivity contribution in [1.29, 1.82) is 0 Å². The topological polar surface area (TPSA) is 104 Å². The molecule has 0 bridgehead atoms. The van der Waals surface area contributed by atoms with Crippen molar-refractivity contribution in [3.05, 3.63) is 58.3 Å². The number of likely N-dealkylation sites (tertiary alicyclic amines) is 1. The molecule has 1 atom stereocenters. The van der Waals surface area contributed by atoms with Crippen LogP contribution in [0.3, 0.4) is 0 Å². The van der Waals surface area contributed by atoms with Gasteiger partial charge in [-0.2, -0.15) is 4.91 Å². The Morgan fingerprint density at radius 3 is 2.34 bits per heavy atom. The summed E-state index contributed by atoms with van der Waals surface area (Å²) in [6.45, 7) is 11.3. The molecular weight excluding hydrogens is 442 g/mol. The van der Waals surface area contributed by atoms with Gasteiger partial charge in [0.25, 0.3) is 0 Å². The summed E-state index contributed by atoms with van der Waals surface area (Å²) in [7, 11) is 0.